The van der Waals surface area contributed by atoms with Gasteiger partial charge in [-0.15, -0.1) is 11.3 Å². The number of anilines is 1. The van der Waals surface area contributed by atoms with E-state index in [9.17, 15) is 0 Å². The quantitative estimate of drug-likeness (QED) is 0.804. The summed E-state index contributed by atoms with van der Waals surface area (Å²) in [5, 5.41) is 2.19. The minimum atomic E-state index is 0.410. The van der Waals surface area contributed by atoms with Crippen molar-refractivity contribution in [2.75, 3.05) is 11.4 Å². The van der Waals surface area contributed by atoms with Gasteiger partial charge in [0.15, 0.2) is 0 Å². The Morgan fingerprint density at radius 3 is 2.95 bits per heavy atom. The van der Waals surface area contributed by atoms with E-state index in [4.69, 9.17) is 18.0 Å². The topological polar surface area (TPSA) is 29.3 Å². The number of hydrogen-bond donors (Lipinski definition) is 1. The third-order valence-electron chi connectivity index (χ3n) is 3.83. The molecule has 1 aromatic heterocycles. The number of rotatable bonds is 2. The molecule has 0 spiro atoms. The van der Waals surface area contributed by atoms with Gasteiger partial charge in [-0.2, -0.15) is 0 Å². The number of hydrogen-bond acceptors (Lipinski definition) is 3. The number of thiocarbonyl (C=S) groups is 1. The Labute approximate surface area is 136 Å². The number of nitrogens with zero attached hydrogens (tertiary/aromatic N) is 1. The predicted molar refractivity (Wildman–Crippen MR) is 93.8 cm³/mol. The Kier molecular flexibility index (Phi) is 3.84. The van der Waals surface area contributed by atoms with Crippen molar-refractivity contribution < 1.29 is 0 Å². The first-order chi connectivity index (χ1) is 9.58. The van der Waals surface area contributed by atoms with E-state index in [0.717, 1.165) is 23.0 Å². The van der Waals surface area contributed by atoms with Gasteiger partial charge in [0, 0.05) is 27.1 Å². The fourth-order valence-electron chi connectivity index (χ4n) is 2.74. The van der Waals surface area contributed by atoms with Crippen molar-refractivity contribution in [1.82, 2.24) is 0 Å². The normalized spacial score (nSPS) is 17.9. The highest BCUT2D eigenvalue weighted by Crippen LogP contribution is 2.37. The zero-order valence-corrected chi connectivity index (χ0v) is 14.3. The van der Waals surface area contributed by atoms with E-state index in [1.807, 2.05) is 17.4 Å². The molecule has 20 heavy (non-hydrogen) atoms. The molecule has 2 nitrogen and oxygen atoms in total. The van der Waals surface area contributed by atoms with Crippen LogP contribution in [0.4, 0.5) is 5.69 Å². The lowest BCUT2D eigenvalue weighted by atomic mass is 10.0. The molecule has 0 saturated heterocycles. The molecule has 3 rings (SSSR count). The van der Waals surface area contributed by atoms with Gasteiger partial charge in [-0.3, -0.25) is 0 Å². The lowest BCUT2D eigenvalue weighted by molar-refractivity contribution is 0.633. The number of nitrogens with two attached hydrogens (primary N) is 1. The smallest absolute Gasteiger partial charge is 0.105 e. The third kappa shape index (κ3) is 2.38. The number of benzene rings is 1. The van der Waals surface area contributed by atoms with Crippen LogP contribution in [-0.2, 0) is 6.42 Å². The van der Waals surface area contributed by atoms with E-state index in [1.54, 1.807) is 0 Å². The van der Waals surface area contributed by atoms with Crippen LogP contribution in [0, 0.1) is 0 Å². The van der Waals surface area contributed by atoms with E-state index in [2.05, 4.69) is 51.3 Å². The highest BCUT2D eigenvalue weighted by Gasteiger charge is 2.25. The molecule has 1 aliphatic heterocycles. The molecular formula is C15H15BrN2S2. The number of thiophene rings is 1. The van der Waals surface area contributed by atoms with E-state index in [1.165, 1.54) is 16.1 Å². The molecular weight excluding hydrogens is 352 g/mol. The first-order valence-electron chi connectivity index (χ1n) is 6.50. The Balaban J connectivity index is 1.95. The summed E-state index contributed by atoms with van der Waals surface area (Å²) in [6.07, 6.45) is 1.12. The van der Waals surface area contributed by atoms with Crippen molar-refractivity contribution in [1.29, 1.82) is 0 Å². The maximum Gasteiger partial charge on any atom is 0.105 e. The highest BCUT2D eigenvalue weighted by molar-refractivity contribution is 9.10. The molecule has 0 aliphatic carbocycles. The van der Waals surface area contributed by atoms with Gasteiger partial charge >= 0.3 is 0 Å². The minimum absolute atomic E-state index is 0.410. The second-order valence-corrected chi connectivity index (χ2v) is 7.24. The first kappa shape index (κ1) is 14.0. The van der Waals surface area contributed by atoms with Gasteiger partial charge in [0.1, 0.15) is 4.99 Å². The van der Waals surface area contributed by atoms with Crippen molar-refractivity contribution in [3.63, 3.8) is 0 Å². The molecule has 0 fully saturated rings. The molecule has 1 unspecified atom stereocenters. The summed E-state index contributed by atoms with van der Waals surface area (Å²) in [5.74, 6) is 0. The SMILES string of the molecule is CC1c2ccsc2CCN1c1ccc(C(N)=S)c(Br)c1. The second-order valence-electron chi connectivity index (χ2n) is 4.95. The van der Waals surface area contributed by atoms with Gasteiger partial charge in [0.25, 0.3) is 0 Å². The number of fused-ring (bicyclic) bond motifs is 1. The Hall–Kier alpha value is -0.910. The van der Waals surface area contributed by atoms with Crippen LogP contribution in [-0.4, -0.2) is 11.5 Å². The van der Waals surface area contributed by atoms with Crippen LogP contribution in [0.15, 0.2) is 34.1 Å². The lowest BCUT2D eigenvalue weighted by Gasteiger charge is -2.35. The molecule has 2 aromatic rings. The van der Waals surface area contributed by atoms with Gasteiger partial charge in [0.2, 0.25) is 0 Å². The van der Waals surface area contributed by atoms with Crippen molar-refractivity contribution in [2.24, 2.45) is 5.73 Å². The predicted octanol–water partition coefficient (Wildman–Crippen LogP) is 4.27. The van der Waals surface area contributed by atoms with Crippen molar-refractivity contribution >= 4 is 50.2 Å². The largest absolute Gasteiger partial charge is 0.389 e. The van der Waals surface area contributed by atoms with Crippen LogP contribution < -0.4 is 10.6 Å². The van der Waals surface area contributed by atoms with E-state index >= 15 is 0 Å². The van der Waals surface area contributed by atoms with Gasteiger partial charge in [-0.05, 0) is 64.5 Å². The molecule has 5 heteroatoms. The van der Waals surface area contributed by atoms with Crippen molar-refractivity contribution in [2.45, 2.75) is 19.4 Å². The average molecular weight is 367 g/mol. The van der Waals surface area contributed by atoms with Crippen molar-refractivity contribution in [3.05, 3.63) is 50.1 Å². The molecule has 1 atom stereocenters. The molecule has 1 aliphatic rings. The summed E-state index contributed by atoms with van der Waals surface area (Å²) in [5.41, 5.74) is 9.27. The summed E-state index contributed by atoms with van der Waals surface area (Å²) in [6, 6.07) is 8.87. The van der Waals surface area contributed by atoms with Crippen molar-refractivity contribution in [3.8, 4) is 0 Å². The molecule has 0 amide bonds. The summed E-state index contributed by atoms with van der Waals surface area (Å²) in [7, 11) is 0. The van der Waals surface area contributed by atoms with Crippen LogP contribution >= 0.6 is 39.5 Å². The maximum absolute atomic E-state index is 5.71. The van der Waals surface area contributed by atoms with Gasteiger partial charge in [-0.25, -0.2) is 0 Å². The highest BCUT2D eigenvalue weighted by atomic mass is 79.9. The van der Waals surface area contributed by atoms with Gasteiger partial charge < -0.3 is 10.6 Å². The standard InChI is InChI=1S/C15H15BrN2S2/c1-9-11-5-7-20-14(11)4-6-18(9)10-2-3-12(15(17)19)13(16)8-10/h2-3,5,7-9H,4,6H2,1H3,(H2,17,19). The van der Waals surface area contributed by atoms with Crippen LogP contribution in [0.5, 0.6) is 0 Å². The van der Waals surface area contributed by atoms with Crippen LogP contribution in [0.3, 0.4) is 0 Å². The molecule has 0 bridgehead atoms. The fraction of sp³-hybridized carbons (Fsp3) is 0.267. The van der Waals surface area contributed by atoms with Crippen LogP contribution in [0.25, 0.3) is 0 Å². The Morgan fingerprint density at radius 1 is 1.45 bits per heavy atom. The summed E-state index contributed by atoms with van der Waals surface area (Å²) in [4.78, 5) is 4.38. The van der Waals surface area contributed by atoms with Gasteiger partial charge in [0.05, 0.1) is 6.04 Å². The number of halogens is 1. The molecule has 0 radical (unpaired) electrons. The van der Waals surface area contributed by atoms with E-state index < -0.39 is 0 Å². The van der Waals surface area contributed by atoms with Gasteiger partial charge in [-0.1, -0.05) is 12.2 Å². The lowest BCUT2D eigenvalue weighted by Crippen LogP contribution is -2.33. The van der Waals surface area contributed by atoms with Crippen LogP contribution in [0.2, 0.25) is 0 Å². The summed E-state index contributed by atoms with van der Waals surface area (Å²) >= 11 is 10.5. The molecule has 2 heterocycles. The minimum Gasteiger partial charge on any atom is -0.389 e. The second kappa shape index (κ2) is 5.47. The fourth-order valence-corrected chi connectivity index (χ4v) is 4.60. The molecule has 2 N–H and O–H groups in total. The summed E-state index contributed by atoms with van der Waals surface area (Å²) < 4.78 is 0.964. The maximum atomic E-state index is 5.71. The molecule has 104 valence electrons. The monoisotopic (exact) mass is 366 g/mol. The Bertz CT molecular complexity index is 666. The summed E-state index contributed by atoms with van der Waals surface area (Å²) in [6.45, 7) is 3.31. The average Bonchev–Trinajstić information content (AvgIpc) is 2.87. The third-order valence-corrected chi connectivity index (χ3v) is 5.70. The molecule has 0 saturated carbocycles. The van der Waals surface area contributed by atoms with E-state index in [0.29, 0.717) is 11.0 Å². The zero-order valence-electron chi connectivity index (χ0n) is 11.1. The molecule has 1 aromatic carbocycles. The first-order valence-corrected chi connectivity index (χ1v) is 8.58. The Morgan fingerprint density at radius 2 is 2.25 bits per heavy atom. The van der Waals surface area contributed by atoms with E-state index in [-0.39, 0.29) is 0 Å². The van der Waals surface area contributed by atoms with Crippen LogP contribution in [0.1, 0.15) is 29.0 Å². The zero-order chi connectivity index (χ0) is 14.3.